The third-order valence-electron chi connectivity index (χ3n) is 2.07. The van der Waals surface area contributed by atoms with Crippen molar-refractivity contribution in [1.29, 1.82) is 0 Å². The van der Waals surface area contributed by atoms with Crippen LogP contribution in [0.25, 0.3) is 0 Å². The first-order valence-electron chi connectivity index (χ1n) is 3.92. The Labute approximate surface area is 63.8 Å². The van der Waals surface area contributed by atoms with E-state index in [1.807, 2.05) is 0 Å². The van der Waals surface area contributed by atoms with E-state index in [1.54, 1.807) is 0 Å². The molecule has 60 valence electrons. The van der Waals surface area contributed by atoms with Crippen LogP contribution in [-0.4, -0.2) is 43.0 Å². The van der Waals surface area contributed by atoms with Crippen LogP contribution in [0.3, 0.4) is 0 Å². The van der Waals surface area contributed by atoms with Gasteiger partial charge in [0.15, 0.2) is 0 Å². The van der Waals surface area contributed by atoms with Gasteiger partial charge in [-0.25, -0.2) is 0 Å². The summed E-state index contributed by atoms with van der Waals surface area (Å²) in [5, 5.41) is 0. The Morgan fingerprint density at radius 2 is 2.30 bits per heavy atom. The van der Waals surface area contributed by atoms with Gasteiger partial charge in [0.1, 0.15) is 0 Å². The lowest BCUT2D eigenvalue weighted by molar-refractivity contribution is 0.263. The molecule has 1 rings (SSSR count). The van der Waals surface area contributed by atoms with Crippen molar-refractivity contribution in [2.75, 3.05) is 27.2 Å². The molecular formula is C8H17N2-. The van der Waals surface area contributed by atoms with Gasteiger partial charge >= 0.3 is 0 Å². The number of hydrogen-bond donors (Lipinski definition) is 0. The van der Waals surface area contributed by atoms with Crippen molar-refractivity contribution in [2.24, 2.45) is 0 Å². The van der Waals surface area contributed by atoms with Crippen LogP contribution >= 0.6 is 0 Å². The first-order chi connectivity index (χ1) is 4.70. The van der Waals surface area contributed by atoms with Gasteiger partial charge in [0.2, 0.25) is 0 Å². The van der Waals surface area contributed by atoms with Gasteiger partial charge in [-0.1, -0.05) is 0 Å². The molecule has 1 aliphatic rings. The van der Waals surface area contributed by atoms with Crippen molar-refractivity contribution < 1.29 is 0 Å². The molecule has 1 heterocycles. The van der Waals surface area contributed by atoms with E-state index in [2.05, 4.69) is 30.9 Å². The molecule has 0 saturated carbocycles. The second-order valence-electron chi connectivity index (χ2n) is 3.37. The molecule has 2 nitrogen and oxygen atoms in total. The summed E-state index contributed by atoms with van der Waals surface area (Å²) in [5.74, 6) is 0. The van der Waals surface area contributed by atoms with Crippen molar-refractivity contribution in [3.63, 3.8) is 0 Å². The molecule has 1 saturated heterocycles. The molecule has 1 atom stereocenters. The molecule has 0 aromatic carbocycles. The molecule has 0 N–H and O–H groups in total. The second-order valence-corrected chi connectivity index (χ2v) is 3.37. The molecule has 0 unspecified atom stereocenters. The molecule has 1 fully saturated rings. The maximum atomic E-state index is 3.98. The fraction of sp³-hybridized carbons (Fsp3) is 0.875. The predicted molar refractivity (Wildman–Crippen MR) is 43.6 cm³/mol. The number of likely N-dealkylation sites (N-methyl/N-ethyl adjacent to an activating group) is 1. The van der Waals surface area contributed by atoms with Crippen LogP contribution in [0, 0.1) is 7.05 Å². The summed E-state index contributed by atoms with van der Waals surface area (Å²) in [4.78, 5) is 4.44. The monoisotopic (exact) mass is 141 g/mol. The van der Waals surface area contributed by atoms with E-state index in [9.17, 15) is 0 Å². The van der Waals surface area contributed by atoms with E-state index in [0.717, 1.165) is 6.54 Å². The average molecular weight is 141 g/mol. The maximum absolute atomic E-state index is 3.98. The van der Waals surface area contributed by atoms with Crippen LogP contribution in [0.15, 0.2) is 0 Å². The highest BCUT2D eigenvalue weighted by Crippen LogP contribution is 2.15. The lowest BCUT2D eigenvalue weighted by Gasteiger charge is -2.29. The van der Waals surface area contributed by atoms with Crippen molar-refractivity contribution in [2.45, 2.75) is 18.9 Å². The first-order valence-corrected chi connectivity index (χ1v) is 3.92. The lowest BCUT2D eigenvalue weighted by Crippen LogP contribution is -2.33. The zero-order valence-electron chi connectivity index (χ0n) is 7.01. The molecule has 0 aromatic heterocycles. The van der Waals surface area contributed by atoms with Gasteiger partial charge in [0.25, 0.3) is 0 Å². The minimum Gasteiger partial charge on any atom is -0.456 e. The van der Waals surface area contributed by atoms with Crippen molar-refractivity contribution >= 4 is 0 Å². The Bertz CT molecular complexity index is 101. The average Bonchev–Trinajstić information content (AvgIpc) is 2.15. The van der Waals surface area contributed by atoms with E-state index >= 15 is 0 Å². The fourth-order valence-electron chi connectivity index (χ4n) is 1.52. The largest absolute Gasteiger partial charge is 0.456 e. The summed E-state index contributed by atoms with van der Waals surface area (Å²) in [6, 6.07) is 0.704. The van der Waals surface area contributed by atoms with Gasteiger partial charge in [0.05, 0.1) is 0 Å². The third-order valence-corrected chi connectivity index (χ3v) is 2.07. The van der Waals surface area contributed by atoms with Crippen molar-refractivity contribution in [3.8, 4) is 0 Å². The number of likely N-dealkylation sites (tertiary alicyclic amines) is 1. The van der Waals surface area contributed by atoms with Crippen LogP contribution < -0.4 is 0 Å². The summed E-state index contributed by atoms with van der Waals surface area (Å²) in [6.07, 6.45) is 2.64. The number of rotatable bonds is 2. The van der Waals surface area contributed by atoms with Gasteiger partial charge in [-0.3, -0.25) is 7.05 Å². The van der Waals surface area contributed by atoms with Gasteiger partial charge in [-0.05, 0) is 39.5 Å². The summed E-state index contributed by atoms with van der Waals surface area (Å²) in [6.45, 7) is 2.34. The van der Waals surface area contributed by atoms with E-state index in [0.29, 0.717) is 6.04 Å². The molecule has 2 heteroatoms. The van der Waals surface area contributed by atoms with Crippen LogP contribution in [0.2, 0.25) is 0 Å². The van der Waals surface area contributed by atoms with Gasteiger partial charge in [-0.15, -0.1) is 0 Å². The zero-order valence-corrected chi connectivity index (χ0v) is 7.01. The van der Waals surface area contributed by atoms with Crippen molar-refractivity contribution in [3.05, 3.63) is 7.05 Å². The van der Waals surface area contributed by atoms with Gasteiger partial charge in [0, 0.05) is 6.54 Å². The number of hydrogen-bond acceptors (Lipinski definition) is 2. The van der Waals surface area contributed by atoms with E-state index in [4.69, 9.17) is 0 Å². The maximum Gasteiger partial charge on any atom is 0.0108 e. The molecule has 0 radical (unpaired) electrons. The molecule has 0 amide bonds. The Kier molecular flexibility index (Phi) is 2.69. The van der Waals surface area contributed by atoms with Gasteiger partial charge in [-0.2, -0.15) is 0 Å². The van der Waals surface area contributed by atoms with Crippen LogP contribution in [0.1, 0.15) is 12.8 Å². The summed E-state index contributed by atoms with van der Waals surface area (Å²) < 4.78 is 0. The first kappa shape index (κ1) is 8.02. The van der Waals surface area contributed by atoms with E-state index < -0.39 is 0 Å². The predicted octanol–water partition coefficient (Wildman–Crippen LogP) is 0.804. The Morgan fingerprint density at radius 3 is 2.70 bits per heavy atom. The Balaban J connectivity index is 2.26. The fourth-order valence-corrected chi connectivity index (χ4v) is 1.52. The van der Waals surface area contributed by atoms with Crippen LogP contribution in [-0.2, 0) is 0 Å². The SMILES string of the molecule is [CH2-]N1CCC[C@@H]1CN(C)C. The molecule has 0 aromatic rings. The molecule has 0 spiro atoms. The third kappa shape index (κ3) is 1.96. The minimum absolute atomic E-state index is 0.704. The highest BCUT2D eigenvalue weighted by molar-refractivity contribution is 4.79. The molecule has 10 heavy (non-hydrogen) atoms. The highest BCUT2D eigenvalue weighted by Gasteiger charge is 2.16. The lowest BCUT2D eigenvalue weighted by atomic mass is 10.2. The molecule has 1 aliphatic heterocycles. The summed E-state index contributed by atoms with van der Waals surface area (Å²) in [5.41, 5.74) is 0. The van der Waals surface area contributed by atoms with Crippen LogP contribution in [0.4, 0.5) is 0 Å². The van der Waals surface area contributed by atoms with E-state index in [-0.39, 0.29) is 0 Å². The molecular weight excluding hydrogens is 124 g/mol. The minimum atomic E-state index is 0.704. The molecule has 0 bridgehead atoms. The quantitative estimate of drug-likeness (QED) is 0.525. The summed E-state index contributed by atoms with van der Waals surface area (Å²) in [7, 11) is 8.21. The Hall–Kier alpha value is -0.0800. The highest BCUT2D eigenvalue weighted by atomic mass is 15.2. The molecule has 0 aliphatic carbocycles. The van der Waals surface area contributed by atoms with E-state index in [1.165, 1.54) is 19.4 Å². The topological polar surface area (TPSA) is 6.48 Å². The van der Waals surface area contributed by atoms with Gasteiger partial charge < -0.3 is 9.80 Å². The smallest absolute Gasteiger partial charge is 0.0108 e. The van der Waals surface area contributed by atoms with Crippen molar-refractivity contribution in [1.82, 2.24) is 9.80 Å². The Morgan fingerprint density at radius 1 is 1.60 bits per heavy atom. The standard InChI is InChI=1S/C8H17N2/c1-9(2)7-8-5-4-6-10(8)3/h8H,3-7H2,1-2H3/q-1/t8-/m1/s1. The summed E-state index contributed by atoms with van der Waals surface area (Å²) >= 11 is 0. The zero-order chi connectivity index (χ0) is 7.56. The normalized spacial score (nSPS) is 28.2. The number of nitrogens with zero attached hydrogens (tertiary/aromatic N) is 2. The second kappa shape index (κ2) is 3.35. The van der Waals surface area contributed by atoms with Crippen LogP contribution in [0.5, 0.6) is 0 Å².